The highest BCUT2D eigenvalue weighted by Crippen LogP contribution is 2.32. The molecule has 1 unspecified atom stereocenters. The molecule has 0 saturated heterocycles. The predicted octanol–water partition coefficient (Wildman–Crippen LogP) is 2.80. The maximum Gasteiger partial charge on any atom is 0.252 e. The van der Waals surface area contributed by atoms with Crippen molar-refractivity contribution in [3.63, 3.8) is 0 Å². The zero-order valence-corrected chi connectivity index (χ0v) is 8.41. The molecule has 0 aliphatic carbocycles. The number of hydrogen-bond acceptors (Lipinski definition) is 1. The molecule has 0 bridgehead atoms. The van der Waals surface area contributed by atoms with Crippen molar-refractivity contribution in [3.8, 4) is 0 Å². The number of fused-ring (bicyclic) bond motifs is 1. The Morgan fingerprint density at radius 1 is 1.31 bits per heavy atom. The van der Waals surface area contributed by atoms with Gasteiger partial charge in [-0.2, -0.15) is 0 Å². The van der Waals surface area contributed by atoms with Gasteiger partial charge in [0.15, 0.2) is 0 Å². The number of benzene rings is 1. The standard InChI is InChI=1S/C9H7Cl2NO/c1-4-5-2-7(10)8(11)3-6(5)9(13)12-4/h2-4H,1H3,(H,12,13). The topological polar surface area (TPSA) is 29.1 Å². The highest BCUT2D eigenvalue weighted by Gasteiger charge is 2.26. The molecule has 13 heavy (non-hydrogen) atoms. The van der Waals surface area contributed by atoms with Crippen molar-refractivity contribution in [1.29, 1.82) is 0 Å². The van der Waals surface area contributed by atoms with Gasteiger partial charge in [-0.25, -0.2) is 0 Å². The van der Waals surface area contributed by atoms with E-state index >= 15 is 0 Å². The van der Waals surface area contributed by atoms with Crippen LogP contribution < -0.4 is 5.32 Å². The second-order valence-corrected chi connectivity index (χ2v) is 3.86. The molecule has 4 heteroatoms. The number of amides is 1. The fourth-order valence-corrected chi connectivity index (χ4v) is 1.81. The monoisotopic (exact) mass is 215 g/mol. The molecule has 68 valence electrons. The molecule has 0 saturated carbocycles. The summed E-state index contributed by atoms with van der Waals surface area (Å²) < 4.78 is 0. The van der Waals surface area contributed by atoms with Crippen molar-refractivity contribution >= 4 is 29.1 Å². The van der Waals surface area contributed by atoms with E-state index in [0.717, 1.165) is 5.56 Å². The third kappa shape index (κ3) is 1.30. The summed E-state index contributed by atoms with van der Waals surface area (Å²) in [5.41, 5.74) is 1.54. The van der Waals surface area contributed by atoms with Crippen LogP contribution in [0.25, 0.3) is 0 Å². The molecule has 1 atom stereocenters. The summed E-state index contributed by atoms with van der Waals surface area (Å²) in [5, 5.41) is 3.69. The van der Waals surface area contributed by atoms with Crippen LogP contribution >= 0.6 is 23.2 Å². The minimum Gasteiger partial charge on any atom is -0.345 e. The summed E-state index contributed by atoms with van der Waals surface area (Å²) in [6.07, 6.45) is 0. The first-order valence-electron chi connectivity index (χ1n) is 3.89. The van der Waals surface area contributed by atoms with Gasteiger partial charge in [-0.3, -0.25) is 4.79 Å². The highest BCUT2D eigenvalue weighted by atomic mass is 35.5. The van der Waals surface area contributed by atoms with Crippen molar-refractivity contribution in [2.45, 2.75) is 13.0 Å². The minimum absolute atomic E-state index is 0.0252. The van der Waals surface area contributed by atoms with Gasteiger partial charge in [0.05, 0.1) is 16.1 Å². The van der Waals surface area contributed by atoms with Gasteiger partial charge in [0.2, 0.25) is 0 Å². The van der Waals surface area contributed by atoms with Gasteiger partial charge < -0.3 is 5.32 Å². The molecular weight excluding hydrogens is 209 g/mol. The summed E-state index contributed by atoms with van der Waals surface area (Å²) in [4.78, 5) is 11.3. The molecule has 1 amide bonds. The molecule has 1 aliphatic heterocycles. The second kappa shape index (κ2) is 2.89. The van der Waals surface area contributed by atoms with Gasteiger partial charge in [0, 0.05) is 5.56 Å². The van der Waals surface area contributed by atoms with Gasteiger partial charge in [-0.1, -0.05) is 23.2 Å². The Morgan fingerprint density at radius 2 is 1.92 bits per heavy atom. The normalized spacial score (nSPS) is 19.9. The average Bonchev–Trinajstić information content (AvgIpc) is 2.31. The molecule has 0 fully saturated rings. The lowest BCUT2D eigenvalue weighted by atomic mass is 10.1. The molecule has 0 spiro atoms. The zero-order valence-electron chi connectivity index (χ0n) is 6.90. The highest BCUT2D eigenvalue weighted by molar-refractivity contribution is 6.42. The molecule has 1 aromatic carbocycles. The van der Waals surface area contributed by atoms with Crippen LogP contribution in [0.5, 0.6) is 0 Å². The summed E-state index contributed by atoms with van der Waals surface area (Å²) in [5.74, 6) is -0.0823. The third-order valence-corrected chi connectivity index (χ3v) is 2.87. The van der Waals surface area contributed by atoms with Crippen LogP contribution in [0.3, 0.4) is 0 Å². The van der Waals surface area contributed by atoms with Gasteiger partial charge in [-0.15, -0.1) is 0 Å². The van der Waals surface area contributed by atoms with E-state index in [4.69, 9.17) is 23.2 Å². The Kier molecular flexibility index (Phi) is 1.97. The zero-order chi connectivity index (χ0) is 9.59. The Balaban J connectivity index is 2.65. The van der Waals surface area contributed by atoms with E-state index in [9.17, 15) is 4.79 Å². The van der Waals surface area contributed by atoms with Gasteiger partial charge in [0.25, 0.3) is 5.91 Å². The van der Waals surface area contributed by atoms with E-state index in [1.54, 1.807) is 12.1 Å². The number of halogens is 2. The molecule has 1 aromatic rings. The molecule has 1 N–H and O–H groups in total. The molecule has 0 aromatic heterocycles. The first-order chi connectivity index (χ1) is 6.09. The van der Waals surface area contributed by atoms with Crippen LogP contribution in [-0.2, 0) is 0 Å². The largest absolute Gasteiger partial charge is 0.345 e. The summed E-state index contributed by atoms with van der Waals surface area (Å²) >= 11 is 11.6. The van der Waals surface area contributed by atoms with Crippen LogP contribution in [0.2, 0.25) is 10.0 Å². The Morgan fingerprint density at radius 3 is 2.62 bits per heavy atom. The fourth-order valence-electron chi connectivity index (χ4n) is 1.47. The minimum atomic E-state index is -0.0823. The fraction of sp³-hybridized carbons (Fsp3) is 0.222. The van der Waals surface area contributed by atoms with E-state index in [-0.39, 0.29) is 11.9 Å². The molecule has 1 aliphatic rings. The van der Waals surface area contributed by atoms with E-state index in [0.29, 0.717) is 15.6 Å². The first kappa shape index (κ1) is 8.85. The van der Waals surface area contributed by atoms with E-state index < -0.39 is 0 Å². The maximum absolute atomic E-state index is 11.3. The van der Waals surface area contributed by atoms with Gasteiger partial charge >= 0.3 is 0 Å². The van der Waals surface area contributed by atoms with Crippen LogP contribution in [-0.4, -0.2) is 5.91 Å². The van der Waals surface area contributed by atoms with Crippen molar-refractivity contribution in [2.24, 2.45) is 0 Å². The van der Waals surface area contributed by atoms with Crippen molar-refractivity contribution in [1.82, 2.24) is 5.32 Å². The maximum atomic E-state index is 11.3. The summed E-state index contributed by atoms with van der Waals surface area (Å²) in [7, 11) is 0. The van der Waals surface area contributed by atoms with E-state index in [2.05, 4.69) is 5.32 Å². The van der Waals surface area contributed by atoms with Crippen LogP contribution in [0.15, 0.2) is 12.1 Å². The molecular formula is C9H7Cl2NO. The Bertz CT molecular complexity index is 389. The van der Waals surface area contributed by atoms with Crippen molar-refractivity contribution < 1.29 is 4.79 Å². The second-order valence-electron chi connectivity index (χ2n) is 3.05. The predicted molar refractivity (Wildman–Crippen MR) is 52.3 cm³/mol. The lowest BCUT2D eigenvalue weighted by molar-refractivity contribution is 0.0958. The van der Waals surface area contributed by atoms with Crippen LogP contribution in [0, 0.1) is 0 Å². The number of hydrogen-bond donors (Lipinski definition) is 1. The third-order valence-electron chi connectivity index (χ3n) is 2.15. The quantitative estimate of drug-likeness (QED) is 0.709. The first-order valence-corrected chi connectivity index (χ1v) is 4.65. The van der Waals surface area contributed by atoms with Crippen LogP contribution in [0.4, 0.5) is 0 Å². The van der Waals surface area contributed by atoms with Crippen molar-refractivity contribution in [3.05, 3.63) is 33.3 Å². The lowest BCUT2D eigenvalue weighted by Crippen LogP contribution is -2.16. The van der Waals surface area contributed by atoms with Crippen molar-refractivity contribution in [2.75, 3.05) is 0 Å². The average molecular weight is 216 g/mol. The Hall–Kier alpha value is -0.730. The molecule has 2 nitrogen and oxygen atoms in total. The Labute approximate surface area is 85.8 Å². The van der Waals surface area contributed by atoms with Gasteiger partial charge in [0.1, 0.15) is 0 Å². The molecule has 1 heterocycles. The van der Waals surface area contributed by atoms with E-state index in [1.807, 2.05) is 6.92 Å². The lowest BCUT2D eigenvalue weighted by Gasteiger charge is -2.03. The number of carbonyl (C=O) groups is 1. The molecule has 2 rings (SSSR count). The number of rotatable bonds is 0. The van der Waals surface area contributed by atoms with Gasteiger partial charge in [-0.05, 0) is 24.6 Å². The van der Waals surface area contributed by atoms with Crippen LogP contribution in [0.1, 0.15) is 28.9 Å². The smallest absolute Gasteiger partial charge is 0.252 e. The van der Waals surface area contributed by atoms with E-state index in [1.165, 1.54) is 0 Å². The summed E-state index contributed by atoms with van der Waals surface area (Å²) in [6, 6.07) is 3.37. The summed E-state index contributed by atoms with van der Waals surface area (Å²) in [6.45, 7) is 1.91. The number of nitrogens with one attached hydrogen (secondary N) is 1. The number of carbonyl (C=O) groups excluding carboxylic acids is 1. The molecule has 0 radical (unpaired) electrons. The SMILES string of the molecule is CC1NC(=O)c2cc(Cl)c(Cl)cc21.